The molecule has 0 saturated carbocycles. The van der Waals surface area contributed by atoms with Crippen molar-refractivity contribution in [1.82, 2.24) is 4.98 Å². The monoisotopic (exact) mass is 496 g/mol. The summed E-state index contributed by atoms with van der Waals surface area (Å²) in [6, 6.07) is 12.1. The van der Waals surface area contributed by atoms with E-state index < -0.39 is 29.9 Å². The van der Waals surface area contributed by atoms with Gasteiger partial charge in [-0.15, -0.1) is 0 Å². The average Bonchev–Trinajstić information content (AvgIpc) is 2.72. The largest absolute Gasteiger partial charge is 0.478 e. The molecule has 3 rings (SSSR count). The lowest BCUT2D eigenvalue weighted by Gasteiger charge is -2.28. The van der Waals surface area contributed by atoms with Gasteiger partial charge < -0.3 is 10.4 Å². The van der Waals surface area contributed by atoms with Gasteiger partial charge in [-0.3, -0.25) is 4.79 Å². The van der Waals surface area contributed by atoms with E-state index in [1.54, 1.807) is 0 Å². The molecule has 1 aromatic heterocycles. The third kappa shape index (κ3) is 5.83. The molecule has 0 fully saturated rings. The second kappa shape index (κ2) is 9.80. The second-order valence-electron chi connectivity index (χ2n) is 7.30. The van der Waals surface area contributed by atoms with Crippen molar-refractivity contribution in [1.29, 1.82) is 0 Å². The number of carbonyl (C=O) groups is 2. The fraction of sp³-hybridized carbons (Fsp3) is 0.174. The number of hydrogen-bond donors (Lipinski definition) is 2. The highest BCUT2D eigenvalue weighted by Crippen LogP contribution is 2.46. The van der Waals surface area contributed by atoms with E-state index in [9.17, 15) is 22.8 Å². The predicted octanol–water partition coefficient (Wildman–Crippen LogP) is 6.79. The molecule has 2 unspecified atom stereocenters. The van der Waals surface area contributed by atoms with Gasteiger partial charge in [0.1, 0.15) is 5.15 Å². The number of rotatable bonds is 6. The fourth-order valence-electron chi connectivity index (χ4n) is 3.52. The molecule has 2 N–H and O–H groups in total. The Balaban J connectivity index is 1.87. The van der Waals surface area contributed by atoms with Gasteiger partial charge in [0.05, 0.1) is 11.5 Å². The van der Waals surface area contributed by atoms with Gasteiger partial charge in [0.2, 0.25) is 0 Å². The number of benzene rings is 2. The van der Waals surface area contributed by atoms with Crippen molar-refractivity contribution < 1.29 is 27.9 Å². The molecule has 0 saturated heterocycles. The fourth-order valence-corrected chi connectivity index (χ4v) is 4.06. The number of carboxylic acids is 1. The highest BCUT2D eigenvalue weighted by atomic mass is 35.5. The smallest absolute Gasteiger partial charge is 0.396 e. The topological polar surface area (TPSA) is 79.3 Å². The van der Waals surface area contributed by atoms with Crippen LogP contribution < -0.4 is 5.32 Å². The van der Waals surface area contributed by atoms with Crippen LogP contribution in [0.3, 0.4) is 0 Å². The third-order valence-corrected chi connectivity index (χ3v) is 5.62. The highest BCUT2D eigenvalue weighted by molar-refractivity contribution is 6.32. The second-order valence-corrected chi connectivity index (χ2v) is 8.09. The van der Waals surface area contributed by atoms with Crippen LogP contribution in [0.1, 0.15) is 50.6 Å². The molecule has 10 heteroatoms. The van der Waals surface area contributed by atoms with Gasteiger partial charge in [-0.05, 0) is 59.5 Å². The van der Waals surface area contributed by atoms with Crippen LogP contribution in [0.5, 0.6) is 0 Å². The molecule has 1 amide bonds. The number of halogens is 5. The Bertz CT molecular complexity index is 1200. The minimum absolute atomic E-state index is 0.00980. The summed E-state index contributed by atoms with van der Waals surface area (Å²) in [6.45, 7) is 1.39. The summed E-state index contributed by atoms with van der Waals surface area (Å²) in [4.78, 5) is 27.4. The SMILES string of the molecule is CC(c1ccc(C(=O)Nc2cccc(C(=O)O)c2)cc1Cl)C(c1ccnc(Cl)c1)C(F)(F)F. The molecule has 0 aliphatic carbocycles. The molecule has 3 aromatic rings. The molecule has 0 spiro atoms. The zero-order valence-corrected chi connectivity index (χ0v) is 18.5. The maximum absolute atomic E-state index is 13.9. The van der Waals surface area contributed by atoms with Gasteiger partial charge in [-0.2, -0.15) is 13.2 Å². The van der Waals surface area contributed by atoms with Crippen LogP contribution in [0.25, 0.3) is 0 Å². The van der Waals surface area contributed by atoms with Crippen LogP contribution >= 0.6 is 23.2 Å². The first kappa shape index (κ1) is 24.5. The zero-order chi connectivity index (χ0) is 24.3. The molecule has 0 aliphatic rings. The van der Waals surface area contributed by atoms with Crippen molar-refractivity contribution in [3.05, 3.63) is 93.2 Å². The molecule has 0 aliphatic heterocycles. The van der Waals surface area contributed by atoms with Crippen LogP contribution in [0, 0.1) is 0 Å². The number of amides is 1. The minimum atomic E-state index is -4.58. The number of nitrogens with zero attached hydrogens (tertiary/aromatic N) is 1. The first-order valence-electron chi connectivity index (χ1n) is 9.59. The van der Waals surface area contributed by atoms with E-state index in [0.29, 0.717) is 0 Å². The molecular formula is C23H17Cl2F3N2O3. The van der Waals surface area contributed by atoms with Gasteiger partial charge in [0.15, 0.2) is 0 Å². The molecule has 0 radical (unpaired) electrons. The number of alkyl halides is 3. The normalized spacial score (nSPS) is 13.3. The molecule has 5 nitrogen and oxygen atoms in total. The van der Waals surface area contributed by atoms with E-state index in [0.717, 1.165) is 6.07 Å². The van der Waals surface area contributed by atoms with Crippen molar-refractivity contribution in [2.24, 2.45) is 0 Å². The number of carboxylic acid groups (broad SMARTS) is 1. The third-order valence-electron chi connectivity index (χ3n) is 5.08. The van der Waals surface area contributed by atoms with Crippen LogP contribution in [-0.4, -0.2) is 28.1 Å². The number of hydrogen-bond acceptors (Lipinski definition) is 3. The summed E-state index contributed by atoms with van der Waals surface area (Å²) >= 11 is 12.1. The molecule has 0 bridgehead atoms. The van der Waals surface area contributed by atoms with Crippen LogP contribution in [-0.2, 0) is 0 Å². The van der Waals surface area contributed by atoms with Gasteiger partial charge in [0.25, 0.3) is 5.91 Å². The first-order valence-corrected chi connectivity index (χ1v) is 10.3. The molecule has 172 valence electrons. The Morgan fingerprint density at radius 3 is 2.36 bits per heavy atom. The molecule has 1 heterocycles. The maximum atomic E-state index is 13.9. The average molecular weight is 497 g/mol. The van der Waals surface area contributed by atoms with E-state index in [4.69, 9.17) is 28.3 Å². The predicted molar refractivity (Wildman–Crippen MR) is 119 cm³/mol. The number of nitrogens with one attached hydrogen (secondary N) is 1. The van der Waals surface area contributed by atoms with Crippen molar-refractivity contribution in [3.63, 3.8) is 0 Å². The van der Waals surface area contributed by atoms with Crippen LogP contribution in [0.4, 0.5) is 18.9 Å². The van der Waals surface area contributed by atoms with Crippen molar-refractivity contribution in [2.75, 3.05) is 5.32 Å². The maximum Gasteiger partial charge on any atom is 0.396 e. The zero-order valence-electron chi connectivity index (χ0n) is 17.0. The van der Waals surface area contributed by atoms with Gasteiger partial charge in [0, 0.05) is 22.5 Å². The summed E-state index contributed by atoms with van der Waals surface area (Å²) in [6.07, 6.45) is -3.38. The first-order chi connectivity index (χ1) is 15.5. The number of pyridine rings is 1. The summed E-state index contributed by atoms with van der Waals surface area (Å²) in [5, 5.41) is 11.5. The standard InChI is InChI=1S/C23H17Cl2F3N2O3/c1-12(20(23(26,27)28)13-7-8-29-19(25)11-13)17-6-5-14(10-18(17)24)21(31)30-16-4-2-3-15(9-16)22(32)33/h2-12,20H,1H3,(H,30,31)(H,32,33). The highest BCUT2D eigenvalue weighted by Gasteiger charge is 2.45. The molecule has 33 heavy (non-hydrogen) atoms. The number of anilines is 1. The number of aromatic nitrogens is 1. The summed E-state index contributed by atoms with van der Waals surface area (Å²) < 4.78 is 41.8. The quantitative estimate of drug-likeness (QED) is 0.368. The van der Waals surface area contributed by atoms with E-state index >= 15 is 0 Å². The lowest BCUT2D eigenvalue weighted by atomic mass is 9.82. The van der Waals surface area contributed by atoms with Gasteiger partial charge >= 0.3 is 12.1 Å². The minimum Gasteiger partial charge on any atom is -0.478 e. The Hall–Kier alpha value is -3.10. The molecular weight excluding hydrogens is 480 g/mol. The van der Waals surface area contributed by atoms with E-state index in [-0.39, 0.29) is 38.1 Å². The number of aromatic carboxylic acids is 1. The van der Waals surface area contributed by atoms with Crippen molar-refractivity contribution >= 4 is 40.8 Å². The van der Waals surface area contributed by atoms with E-state index in [1.165, 1.54) is 61.7 Å². The van der Waals surface area contributed by atoms with Gasteiger partial charge in [-0.25, -0.2) is 9.78 Å². The van der Waals surface area contributed by atoms with Crippen molar-refractivity contribution in [2.45, 2.75) is 24.9 Å². The Morgan fingerprint density at radius 1 is 1.03 bits per heavy atom. The van der Waals surface area contributed by atoms with Crippen LogP contribution in [0.2, 0.25) is 10.2 Å². The van der Waals surface area contributed by atoms with E-state index in [2.05, 4.69) is 10.3 Å². The summed E-state index contributed by atoms with van der Waals surface area (Å²) in [7, 11) is 0. The molecule has 2 aromatic carbocycles. The molecule has 2 atom stereocenters. The Kier molecular flexibility index (Phi) is 7.29. The Morgan fingerprint density at radius 2 is 1.76 bits per heavy atom. The van der Waals surface area contributed by atoms with Gasteiger partial charge in [-0.1, -0.05) is 42.3 Å². The Labute approximate surface area is 197 Å². The lowest BCUT2D eigenvalue weighted by Crippen LogP contribution is -2.26. The summed E-state index contributed by atoms with van der Waals surface area (Å²) in [5.41, 5.74) is 0.499. The van der Waals surface area contributed by atoms with Crippen LogP contribution in [0.15, 0.2) is 60.8 Å². The lowest BCUT2D eigenvalue weighted by molar-refractivity contribution is -0.154. The van der Waals surface area contributed by atoms with E-state index in [1.807, 2.05) is 0 Å². The summed E-state index contributed by atoms with van der Waals surface area (Å²) in [5.74, 6) is -4.72. The van der Waals surface area contributed by atoms with Crippen molar-refractivity contribution in [3.8, 4) is 0 Å². The number of carbonyl (C=O) groups excluding carboxylic acids is 1.